The van der Waals surface area contributed by atoms with E-state index >= 15 is 0 Å². The Morgan fingerprint density at radius 1 is 1.42 bits per heavy atom. The minimum absolute atomic E-state index is 0.131. The van der Waals surface area contributed by atoms with Crippen LogP contribution < -0.4 is 15.8 Å². The van der Waals surface area contributed by atoms with E-state index in [0.717, 1.165) is 11.3 Å². The standard InChI is InChI=1S/C13H16N4O2/c1-19-11-5-3-2-4-10(11)8-15-13(18)9-17-7-6-12(14)16-17/h2-7H,8-9H2,1H3,(H2,14,16)(H,15,18). The lowest BCUT2D eigenvalue weighted by atomic mass is 10.2. The number of benzene rings is 1. The van der Waals surface area contributed by atoms with E-state index in [1.54, 1.807) is 19.4 Å². The zero-order valence-corrected chi connectivity index (χ0v) is 10.7. The van der Waals surface area contributed by atoms with Crippen molar-refractivity contribution in [2.45, 2.75) is 13.1 Å². The normalized spacial score (nSPS) is 10.2. The first kappa shape index (κ1) is 12.9. The van der Waals surface area contributed by atoms with Gasteiger partial charge in [0.25, 0.3) is 0 Å². The monoisotopic (exact) mass is 260 g/mol. The second kappa shape index (κ2) is 5.90. The summed E-state index contributed by atoms with van der Waals surface area (Å²) in [6, 6.07) is 9.20. The molecule has 19 heavy (non-hydrogen) atoms. The number of carbonyl (C=O) groups is 1. The predicted molar refractivity (Wildman–Crippen MR) is 71.5 cm³/mol. The number of nitrogen functional groups attached to an aromatic ring is 1. The van der Waals surface area contributed by atoms with Crippen molar-refractivity contribution in [1.29, 1.82) is 0 Å². The van der Waals surface area contributed by atoms with Crippen molar-refractivity contribution in [2.75, 3.05) is 12.8 Å². The molecule has 0 fully saturated rings. The van der Waals surface area contributed by atoms with E-state index in [2.05, 4.69) is 10.4 Å². The van der Waals surface area contributed by atoms with E-state index in [0.29, 0.717) is 12.4 Å². The summed E-state index contributed by atoms with van der Waals surface area (Å²) in [5.41, 5.74) is 6.41. The number of amides is 1. The highest BCUT2D eigenvalue weighted by molar-refractivity contribution is 5.75. The molecular formula is C13H16N4O2. The molecule has 2 rings (SSSR count). The Labute approximate surface area is 111 Å². The summed E-state index contributed by atoms with van der Waals surface area (Å²) in [5, 5.41) is 6.76. The van der Waals surface area contributed by atoms with E-state index in [1.807, 2.05) is 24.3 Å². The number of rotatable bonds is 5. The second-order valence-corrected chi connectivity index (χ2v) is 4.03. The minimum Gasteiger partial charge on any atom is -0.496 e. The highest BCUT2D eigenvalue weighted by Gasteiger charge is 2.06. The SMILES string of the molecule is COc1ccccc1CNC(=O)Cn1ccc(N)n1. The molecule has 1 heterocycles. The van der Waals surface area contributed by atoms with Crippen LogP contribution in [0.4, 0.5) is 5.82 Å². The Kier molecular flexibility index (Phi) is 4.02. The Balaban J connectivity index is 1.89. The molecule has 0 atom stereocenters. The van der Waals surface area contributed by atoms with Gasteiger partial charge in [0.2, 0.25) is 5.91 Å². The van der Waals surface area contributed by atoms with Gasteiger partial charge in [0.15, 0.2) is 0 Å². The number of hydrogen-bond acceptors (Lipinski definition) is 4. The van der Waals surface area contributed by atoms with Crippen molar-refractivity contribution in [1.82, 2.24) is 15.1 Å². The summed E-state index contributed by atoms with van der Waals surface area (Å²) in [4.78, 5) is 11.7. The molecule has 0 aliphatic carbocycles. The molecule has 1 aromatic carbocycles. The molecule has 0 saturated heterocycles. The maximum atomic E-state index is 11.7. The summed E-state index contributed by atoms with van der Waals surface area (Å²) in [6.45, 7) is 0.561. The third-order valence-corrected chi connectivity index (χ3v) is 2.64. The number of para-hydroxylation sites is 1. The van der Waals surface area contributed by atoms with Crippen LogP contribution in [0, 0.1) is 0 Å². The van der Waals surface area contributed by atoms with Gasteiger partial charge < -0.3 is 15.8 Å². The van der Waals surface area contributed by atoms with Crippen LogP contribution in [0.2, 0.25) is 0 Å². The summed E-state index contributed by atoms with van der Waals surface area (Å²) >= 11 is 0. The van der Waals surface area contributed by atoms with Crippen LogP contribution in [0.3, 0.4) is 0 Å². The van der Waals surface area contributed by atoms with Gasteiger partial charge in [-0.3, -0.25) is 9.48 Å². The first-order valence-electron chi connectivity index (χ1n) is 5.86. The van der Waals surface area contributed by atoms with Crippen LogP contribution in [0.15, 0.2) is 36.5 Å². The van der Waals surface area contributed by atoms with E-state index in [-0.39, 0.29) is 12.5 Å². The molecule has 0 radical (unpaired) electrons. The number of hydrogen-bond donors (Lipinski definition) is 2. The van der Waals surface area contributed by atoms with Gasteiger partial charge in [0, 0.05) is 18.3 Å². The largest absolute Gasteiger partial charge is 0.496 e. The Morgan fingerprint density at radius 3 is 2.89 bits per heavy atom. The molecule has 100 valence electrons. The van der Waals surface area contributed by atoms with E-state index in [9.17, 15) is 4.79 Å². The number of aromatic nitrogens is 2. The first-order valence-corrected chi connectivity index (χ1v) is 5.86. The van der Waals surface area contributed by atoms with Crippen molar-refractivity contribution >= 4 is 11.7 Å². The fourth-order valence-electron chi connectivity index (χ4n) is 1.71. The molecule has 0 bridgehead atoms. The number of nitrogens with two attached hydrogens (primary N) is 1. The quantitative estimate of drug-likeness (QED) is 0.832. The smallest absolute Gasteiger partial charge is 0.242 e. The van der Waals surface area contributed by atoms with Crippen molar-refractivity contribution in [3.63, 3.8) is 0 Å². The molecule has 6 heteroatoms. The summed E-state index contributed by atoms with van der Waals surface area (Å²) in [7, 11) is 1.60. The highest BCUT2D eigenvalue weighted by Crippen LogP contribution is 2.16. The van der Waals surface area contributed by atoms with Crippen LogP contribution in [0.25, 0.3) is 0 Å². The van der Waals surface area contributed by atoms with Gasteiger partial charge in [-0.05, 0) is 12.1 Å². The first-order chi connectivity index (χ1) is 9.19. The van der Waals surface area contributed by atoms with Crippen LogP contribution >= 0.6 is 0 Å². The lowest BCUT2D eigenvalue weighted by molar-refractivity contribution is -0.122. The van der Waals surface area contributed by atoms with Crippen molar-refractivity contribution < 1.29 is 9.53 Å². The van der Waals surface area contributed by atoms with Crippen LogP contribution in [0.1, 0.15) is 5.56 Å². The van der Waals surface area contributed by atoms with Crippen molar-refractivity contribution in [2.24, 2.45) is 0 Å². The molecule has 1 amide bonds. The minimum atomic E-state index is -0.131. The Hall–Kier alpha value is -2.50. The molecule has 0 saturated carbocycles. The van der Waals surface area contributed by atoms with E-state index in [4.69, 9.17) is 10.5 Å². The van der Waals surface area contributed by atoms with Crippen molar-refractivity contribution in [3.05, 3.63) is 42.1 Å². The zero-order chi connectivity index (χ0) is 13.7. The third kappa shape index (κ3) is 3.48. The lowest BCUT2D eigenvalue weighted by Gasteiger charge is -2.09. The average Bonchev–Trinajstić information content (AvgIpc) is 2.82. The fourth-order valence-corrected chi connectivity index (χ4v) is 1.71. The number of nitrogens with one attached hydrogen (secondary N) is 1. The van der Waals surface area contributed by atoms with Gasteiger partial charge in [-0.1, -0.05) is 18.2 Å². The molecule has 6 nitrogen and oxygen atoms in total. The van der Waals surface area contributed by atoms with Crippen molar-refractivity contribution in [3.8, 4) is 5.75 Å². The molecular weight excluding hydrogens is 244 g/mol. The van der Waals surface area contributed by atoms with Crippen LogP contribution in [-0.2, 0) is 17.9 Å². The van der Waals surface area contributed by atoms with Gasteiger partial charge in [-0.15, -0.1) is 0 Å². The van der Waals surface area contributed by atoms with E-state index in [1.165, 1.54) is 4.68 Å². The fraction of sp³-hybridized carbons (Fsp3) is 0.231. The van der Waals surface area contributed by atoms with E-state index < -0.39 is 0 Å². The summed E-state index contributed by atoms with van der Waals surface area (Å²) in [6.07, 6.45) is 1.66. The summed E-state index contributed by atoms with van der Waals surface area (Å²) < 4.78 is 6.71. The van der Waals surface area contributed by atoms with Gasteiger partial charge in [-0.25, -0.2) is 0 Å². The Morgan fingerprint density at radius 2 is 2.21 bits per heavy atom. The second-order valence-electron chi connectivity index (χ2n) is 4.03. The number of nitrogens with zero attached hydrogens (tertiary/aromatic N) is 2. The molecule has 0 aliphatic heterocycles. The topological polar surface area (TPSA) is 82.2 Å². The zero-order valence-electron chi connectivity index (χ0n) is 10.7. The maximum absolute atomic E-state index is 11.7. The number of carbonyl (C=O) groups excluding carboxylic acids is 1. The maximum Gasteiger partial charge on any atom is 0.242 e. The van der Waals surface area contributed by atoms with Gasteiger partial charge in [-0.2, -0.15) is 5.10 Å². The number of methoxy groups -OCH3 is 1. The third-order valence-electron chi connectivity index (χ3n) is 2.64. The number of anilines is 1. The van der Waals surface area contributed by atoms with Gasteiger partial charge in [0.1, 0.15) is 18.1 Å². The van der Waals surface area contributed by atoms with Crippen LogP contribution in [-0.4, -0.2) is 22.8 Å². The molecule has 0 unspecified atom stereocenters. The molecule has 3 N–H and O–H groups in total. The Bertz CT molecular complexity index is 565. The molecule has 2 aromatic rings. The van der Waals surface area contributed by atoms with Crippen LogP contribution in [0.5, 0.6) is 5.75 Å². The van der Waals surface area contributed by atoms with Gasteiger partial charge in [0.05, 0.1) is 7.11 Å². The molecule has 1 aromatic heterocycles. The average molecular weight is 260 g/mol. The predicted octanol–water partition coefficient (Wildman–Crippen LogP) is 0.790. The molecule has 0 aliphatic rings. The van der Waals surface area contributed by atoms with Gasteiger partial charge >= 0.3 is 0 Å². The number of ether oxygens (including phenoxy) is 1. The summed E-state index contributed by atoms with van der Waals surface area (Å²) in [5.74, 6) is 1.03. The highest BCUT2D eigenvalue weighted by atomic mass is 16.5. The molecule has 0 spiro atoms. The lowest BCUT2D eigenvalue weighted by Crippen LogP contribution is -2.27.